The smallest absolute Gasteiger partial charge is 0.137 e. The molecule has 0 radical (unpaired) electrons. The molecule has 1 aliphatic heterocycles. The van der Waals surface area contributed by atoms with E-state index in [0.717, 1.165) is 38.0 Å². The second-order valence-corrected chi connectivity index (χ2v) is 4.95. The van der Waals surface area contributed by atoms with E-state index in [2.05, 4.69) is 11.5 Å². The molecule has 1 heterocycles. The average molecular weight is 252 g/mol. The Balaban J connectivity index is 2.05. The molecule has 0 amide bonds. The molecule has 0 aliphatic carbocycles. The van der Waals surface area contributed by atoms with Crippen molar-refractivity contribution in [2.24, 2.45) is 0 Å². The lowest BCUT2D eigenvalue weighted by molar-refractivity contribution is 0.231. The van der Waals surface area contributed by atoms with Crippen molar-refractivity contribution in [3.63, 3.8) is 0 Å². The highest BCUT2D eigenvalue weighted by Crippen LogP contribution is 2.37. The summed E-state index contributed by atoms with van der Waals surface area (Å²) in [5, 5.41) is 10.4. The molecule has 1 N–H and O–H groups in total. The largest absolute Gasteiger partial charge is 0.506 e. The van der Waals surface area contributed by atoms with Crippen molar-refractivity contribution in [2.75, 3.05) is 19.6 Å². The SMILES string of the molecule is C=CCN1CCC(c2cccc(Cl)c2O)CC1. The van der Waals surface area contributed by atoms with Crippen LogP contribution in [0.5, 0.6) is 5.75 Å². The minimum absolute atomic E-state index is 0.260. The van der Waals surface area contributed by atoms with Crippen molar-refractivity contribution in [3.8, 4) is 5.75 Å². The molecule has 1 aliphatic rings. The quantitative estimate of drug-likeness (QED) is 0.833. The molecule has 0 atom stereocenters. The van der Waals surface area contributed by atoms with Gasteiger partial charge in [0, 0.05) is 6.54 Å². The molecule has 0 unspecified atom stereocenters. The highest BCUT2D eigenvalue weighted by molar-refractivity contribution is 6.32. The third kappa shape index (κ3) is 2.82. The van der Waals surface area contributed by atoms with Crippen molar-refractivity contribution in [1.29, 1.82) is 0 Å². The van der Waals surface area contributed by atoms with Gasteiger partial charge in [0.05, 0.1) is 5.02 Å². The summed E-state index contributed by atoms with van der Waals surface area (Å²) in [4.78, 5) is 2.38. The number of phenols is 1. The third-order valence-corrected chi connectivity index (χ3v) is 3.74. The number of halogens is 1. The van der Waals surface area contributed by atoms with Crippen LogP contribution in [0.1, 0.15) is 24.3 Å². The van der Waals surface area contributed by atoms with Crippen LogP contribution in [0, 0.1) is 0 Å². The molecule has 3 heteroatoms. The fraction of sp³-hybridized carbons (Fsp3) is 0.429. The summed E-state index contributed by atoms with van der Waals surface area (Å²) in [6.45, 7) is 6.83. The van der Waals surface area contributed by atoms with Crippen LogP contribution in [0.15, 0.2) is 30.9 Å². The van der Waals surface area contributed by atoms with Gasteiger partial charge in [-0.3, -0.25) is 4.90 Å². The Hall–Kier alpha value is -0.990. The fourth-order valence-corrected chi connectivity index (χ4v) is 2.65. The molecule has 92 valence electrons. The van der Waals surface area contributed by atoms with Gasteiger partial charge < -0.3 is 5.11 Å². The minimum Gasteiger partial charge on any atom is -0.506 e. The first kappa shape index (κ1) is 12.5. The summed E-state index contributed by atoms with van der Waals surface area (Å²) in [6, 6.07) is 5.62. The van der Waals surface area contributed by atoms with Gasteiger partial charge in [-0.2, -0.15) is 0 Å². The molecule has 0 saturated carbocycles. The van der Waals surface area contributed by atoms with Crippen molar-refractivity contribution >= 4 is 11.6 Å². The molecule has 0 spiro atoms. The number of nitrogens with zero attached hydrogens (tertiary/aromatic N) is 1. The molecule has 1 fully saturated rings. The maximum absolute atomic E-state index is 9.96. The van der Waals surface area contributed by atoms with E-state index in [-0.39, 0.29) is 5.75 Å². The van der Waals surface area contributed by atoms with Crippen LogP contribution in [0.4, 0.5) is 0 Å². The highest BCUT2D eigenvalue weighted by Gasteiger charge is 2.22. The number of phenolic OH excluding ortho intramolecular Hbond substituents is 1. The number of hydrogen-bond acceptors (Lipinski definition) is 2. The minimum atomic E-state index is 0.260. The van der Waals surface area contributed by atoms with Crippen molar-refractivity contribution in [1.82, 2.24) is 4.90 Å². The Bertz CT molecular complexity index is 397. The third-order valence-electron chi connectivity index (χ3n) is 3.43. The maximum Gasteiger partial charge on any atom is 0.137 e. The maximum atomic E-state index is 9.96. The predicted octanol–water partition coefficient (Wildman–Crippen LogP) is 3.41. The number of likely N-dealkylation sites (tertiary alicyclic amines) is 1. The molecule has 2 rings (SSSR count). The van der Waals surface area contributed by atoms with Gasteiger partial charge in [0.2, 0.25) is 0 Å². The second kappa shape index (κ2) is 5.56. The topological polar surface area (TPSA) is 23.5 Å². The normalized spacial score (nSPS) is 18.2. The zero-order valence-corrected chi connectivity index (χ0v) is 10.7. The van der Waals surface area contributed by atoms with Gasteiger partial charge in [-0.25, -0.2) is 0 Å². The number of piperidine rings is 1. The summed E-state index contributed by atoms with van der Waals surface area (Å²) >= 11 is 5.94. The Morgan fingerprint density at radius 1 is 1.41 bits per heavy atom. The summed E-state index contributed by atoms with van der Waals surface area (Å²) in [6.07, 6.45) is 4.08. The zero-order chi connectivity index (χ0) is 12.3. The lowest BCUT2D eigenvalue weighted by Crippen LogP contribution is -2.32. The van der Waals surface area contributed by atoms with Gasteiger partial charge in [-0.15, -0.1) is 6.58 Å². The van der Waals surface area contributed by atoms with Crippen LogP contribution in [-0.4, -0.2) is 29.6 Å². The summed E-state index contributed by atoms with van der Waals surface area (Å²) in [5.74, 6) is 0.686. The van der Waals surface area contributed by atoms with Gasteiger partial charge in [-0.1, -0.05) is 29.8 Å². The first-order chi connectivity index (χ1) is 8.22. The number of rotatable bonds is 3. The molecule has 17 heavy (non-hydrogen) atoms. The first-order valence-electron chi connectivity index (χ1n) is 6.03. The highest BCUT2D eigenvalue weighted by atomic mass is 35.5. The van der Waals surface area contributed by atoms with E-state index < -0.39 is 0 Å². The van der Waals surface area contributed by atoms with Gasteiger partial charge >= 0.3 is 0 Å². The standard InChI is InChI=1S/C14H18ClNO/c1-2-8-16-9-6-11(7-10-16)12-4-3-5-13(15)14(12)17/h2-5,11,17H,1,6-10H2. The van der Waals surface area contributed by atoms with E-state index in [1.807, 2.05) is 18.2 Å². The second-order valence-electron chi connectivity index (χ2n) is 4.54. The van der Waals surface area contributed by atoms with Crippen molar-refractivity contribution < 1.29 is 5.11 Å². The van der Waals surface area contributed by atoms with E-state index in [1.54, 1.807) is 6.07 Å². The van der Waals surface area contributed by atoms with E-state index in [9.17, 15) is 5.11 Å². The molecule has 1 aromatic rings. The Morgan fingerprint density at radius 2 is 2.12 bits per heavy atom. The van der Waals surface area contributed by atoms with Crippen molar-refractivity contribution in [3.05, 3.63) is 41.4 Å². The molecular weight excluding hydrogens is 234 g/mol. The van der Waals surface area contributed by atoms with E-state index in [1.165, 1.54) is 0 Å². The molecule has 0 bridgehead atoms. The lowest BCUT2D eigenvalue weighted by atomic mass is 9.89. The molecule has 1 aromatic carbocycles. The number of aromatic hydroxyl groups is 1. The monoisotopic (exact) mass is 251 g/mol. The molecular formula is C14H18ClNO. The lowest BCUT2D eigenvalue weighted by Gasteiger charge is -2.31. The van der Waals surface area contributed by atoms with Crippen molar-refractivity contribution in [2.45, 2.75) is 18.8 Å². The Morgan fingerprint density at radius 3 is 2.76 bits per heavy atom. The predicted molar refractivity (Wildman–Crippen MR) is 71.7 cm³/mol. The van der Waals surface area contributed by atoms with E-state index in [0.29, 0.717) is 10.9 Å². The zero-order valence-electron chi connectivity index (χ0n) is 9.90. The van der Waals surface area contributed by atoms with E-state index >= 15 is 0 Å². The Kier molecular flexibility index (Phi) is 4.08. The number of benzene rings is 1. The number of hydrogen-bond donors (Lipinski definition) is 1. The van der Waals surface area contributed by atoms with Crippen LogP contribution < -0.4 is 0 Å². The number of para-hydroxylation sites is 1. The Labute approximate surface area is 108 Å². The summed E-state index contributed by atoms with van der Waals surface area (Å²) < 4.78 is 0. The van der Waals surface area contributed by atoms with Crippen LogP contribution in [0.2, 0.25) is 5.02 Å². The van der Waals surface area contributed by atoms with Gasteiger partial charge in [0.1, 0.15) is 5.75 Å². The first-order valence-corrected chi connectivity index (χ1v) is 6.40. The fourth-order valence-electron chi connectivity index (χ4n) is 2.47. The summed E-state index contributed by atoms with van der Waals surface area (Å²) in [5.41, 5.74) is 0.996. The van der Waals surface area contributed by atoms with Gasteiger partial charge in [-0.05, 0) is 43.5 Å². The van der Waals surface area contributed by atoms with Crippen LogP contribution in [-0.2, 0) is 0 Å². The summed E-state index contributed by atoms with van der Waals surface area (Å²) in [7, 11) is 0. The molecule has 2 nitrogen and oxygen atoms in total. The van der Waals surface area contributed by atoms with E-state index in [4.69, 9.17) is 11.6 Å². The van der Waals surface area contributed by atoms with Crippen LogP contribution >= 0.6 is 11.6 Å². The van der Waals surface area contributed by atoms with Gasteiger partial charge in [0.15, 0.2) is 0 Å². The van der Waals surface area contributed by atoms with Gasteiger partial charge in [0.25, 0.3) is 0 Å². The average Bonchev–Trinajstić information content (AvgIpc) is 2.34. The molecule has 0 aromatic heterocycles. The van der Waals surface area contributed by atoms with Crippen LogP contribution in [0.25, 0.3) is 0 Å². The van der Waals surface area contributed by atoms with Crippen LogP contribution in [0.3, 0.4) is 0 Å². The molecule has 1 saturated heterocycles.